The van der Waals surface area contributed by atoms with E-state index in [2.05, 4.69) is 26.1 Å². The predicted octanol–water partition coefficient (Wildman–Crippen LogP) is 6.92. The number of carbonyl (C=O) groups excluding carboxylic acids is 2. The van der Waals surface area contributed by atoms with Gasteiger partial charge >= 0.3 is 0 Å². The van der Waals surface area contributed by atoms with E-state index in [0.29, 0.717) is 28.9 Å². The fraction of sp³-hybridized carbons (Fsp3) is 0.235. The topological polar surface area (TPSA) is 83.6 Å². The van der Waals surface area contributed by atoms with Crippen molar-refractivity contribution in [1.82, 2.24) is 0 Å². The van der Waals surface area contributed by atoms with Gasteiger partial charge in [0.05, 0.1) is 10.6 Å². The van der Waals surface area contributed by atoms with Gasteiger partial charge in [-0.15, -0.1) is 0 Å². The molecule has 0 heterocycles. The van der Waals surface area contributed by atoms with Crippen molar-refractivity contribution in [2.24, 2.45) is 0 Å². The number of benzene rings is 4. The molecule has 0 saturated heterocycles. The summed E-state index contributed by atoms with van der Waals surface area (Å²) in [5.74, 6) is -0.687. The number of nitrogens with zero attached hydrogens (tertiary/aromatic N) is 1. The molecule has 0 aromatic heterocycles. The first-order valence-electron chi connectivity index (χ1n) is 13.6. The van der Waals surface area contributed by atoms with Crippen LogP contribution in [0.5, 0.6) is 0 Å². The normalized spacial score (nSPS) is 11.6. The number of amides is 1. The fourth-order valence-electron chi connectivity index (χ4n) is 4.55. The van der Waals surface area contributed by atoms with Crippen LogP contribution in [0.25, 0.3) is 0 Å². The molecule has 1 amide bonds. The van der Waals surface area contributed by atoms with E-state index < -0.39 is 22.5 Å². The maximum Gasteiger partial charge on any atom is 0.264 e. The molecule has 6 nitrogen and oxygen atoms in total. The van der Waals surface area contributed by atoms with Crippen LogP contribution in [0.15, 0.2) is 102 Å². The summed E-state index contributed by atoms with van der Waals surface area (Å²) in [7, 11) is -4.04. The second-order valence-corrected chi connectivity index (χ2v) is 13.0. The standard InChI is InChI=1S/C34H36N2O4S/c1-6-25-10-7-8-13-31(25)36(41(39,40)30-20-14-24(2)15-21-30)23-32(37)35-29-12-9-11-27(22-29)33(38)26-16-18-28(19-17-26)34(3,4)5/h7-22H,6,23H2,1-5H3,(H,35,37). The monoisotopic (exact) mass is 568 g/mol. The molecule has 0 bridgehead atoms. The van der Waals surface area contributed by atoms with Crippen molar-refractivity contribution in [2.75, 3.05) is 16.2 Å². The highest BCUT2D eigenvalue weighted by Gasteiger charge is 2.28. The Morgan fingerprint density at radius 1 is 0.805 bits per heavy atom. The van der Waals surface area contributed by atoms with Crippen LogP contribution in [-0.2, 0) is 26.7 Å². The average Bonchev–Trinajstić information content (AvgIpc) is 2.95. The van der Waals surface area contributed by atoms with Gasteiger partial charge in [0.1, 0.15) is 6.54 Å². The number of hydrogen-bond acceptors (Lipinski definition) is 4. The lowest BCUT2D eigenvalue weighted by molar-refractivity contribution is -0.114. The van der Waals surface area contributed by atoms with Crippen molar-refractivity contribution in [3.8, 4) is 0 Å². The van der Waals surface area contributed by atoms with E-state index in [1.807, 2.05) is 50.2 Å². The molecule has 0 atom stereocenters. The van der Waals surface area contributed by atoms with E-state index in [9.17, 15) is 18.0 Å². The Kier molecular flexibility index (Phi) is 8.78. The van der Waals surface area contributed by atoms with Crippen LogP contribution in [0.1, 0.15) is 60.3 Å². The third kappa shape index (κ3) is 6.92. The minimum atomic E-state index is -4.04. The molecule has 0 saturated carbocycles. The quantitative estimate of drug-likeness (QED) is 0.222. The van der Waals surface area contributed by atoms with Gasteiger partial charge in [-0.05, 0) is 60.2 Å². The summed E-state index contributed by atoms with van der Waals surface area (Å²) in [5.41, 5.74) is 4.67. The lowest BCUT2D eigenvalue weighted by Gasteiger charge is -2.26. The molecule has 0 aliphatic carbocycles. The van der Waals surface area contributed by atoms with Crippen molar-refractivity contribution >= 4 is 33.1 Å². The second-order valence-electron chi connectivity index (χ2n) is 11.1. The maximum atomic E-state index is 13.8. The molecule has 212 valence electrons. The van der Waals surface area contributed by atoms with Crippen molar-refractivity contribution in [1.29, 1.82) is 0 Å². The summed E-state index contributed by atoms with van der Waals surface area (Å²) >= 11 is 0. The fourth-order valence-corrected chi connectivity index (χ4v) is 6.01. The van der Waals surface area contributed by atoms with Crippen molar-refractivity contribution < 1.29 is 18.0 Å². The summed E-state index contributed by atoms with van der Waals surface area (Å²) in [6.07, 6.45) is 0.596. The number of ketones is 1. The Bertz CT molecular complexity index is 1650. The summed E-state index contributed by atoms with van der Waals surface area (Å²) in [5, 5.41) is 2.79. The van der Waals surface area contributed by atoms with E-state index in [-0.39, 0.29) is 16.1 Å². The van der Waals surface area contributed by atoms with Gasteiger partial charge in [-0.2, -0.15) is 0 Å². The van der Waals surface area contributed by atoms with Crippen molar-refractivity contribution in [2.45, 2.75) is 51.3 Å². The van der Waals surface area contributed by atoms with E-state index in [4.69, 9.17) is 0 Å². The highest BCUT2D eigenvalue weighted by atomic mass is 32.2. The van der Waals surface area contributed by atoms with Gasteiger partial charge in [-0.1, -0.05) is 100.0 Å². The molecule has 7 heteroatoms. The molecular formula is C34H36N2O4S. The predicted molar refractivity (Wildman–Crippen MR) is 165 cm³/mol. The molecule has 41 heavy (non-hydrogen) atoms. The SMILES string of the molecule is CCc1ccccc1N(CC(=O)Nc1cccc(C(=O)c2ccc(C(C)(C)C)cc2)c1)S(=O)(=O)c1ccc(C)cc1. The minimum absolute atomic E-state index is 0.0236. The van der Waals surface area contributed by atoms with Gasteiger partial charge in [-0.3, -0.25) is 13.9 Å². The number of para-hydroxylation sites is 1. The average molecular weight is 569 g/mol. The first-order chi connectivity index (χ1) is 19.4. The lowest BCUT2D eigenvalue weighted by atomic mass is 9.86. The molecule has 0 aliphatic rings. The van der Waals surface area contributed by atoms with E-state index in [1.165, 1.54) is 0 Å². The van der Waals surface area contributed by atoms with Gasteiger partial charge in [0.2, 0.25) is 5.91 Å². The molecule has 0 radical (unpaired) electrons. The largest absolute Gasteiger partial charge is 0.324 e. The molecule has 4 rings (SSSR count). The molecule has 0 unspecified atom stereocenters. The molecule has 0 spiro atoms. The summed E-state index contributed by atoms with van der Waals surface area (Å²) in [6.45, 7) is 9.74. The summed E-state index contributed by atoms with van der Waals surface area (Å²) in [4.78, 5) is 26.6. The summed E-state index contributed by atoms with van der Waals surface area (Å²) in [6, 6.07) is 27.9. The Morgan fingerprint density at radius 3 is 2.10 bits per heavy atom. The number of sulfonamides is 1. The van der Waals surface area contributed by atoms with Crippen LogP contribution in [0, 0.1) is 6.92 Å². The van der Waals surface area contributed by atoms with Crippen LogP contribution < -0.4 is 9.62 Å². The molecule has 0 aliphatic heterocycles. The highest BCUT2D eigenvalue weighted by molar-refractivity contribution is 7.92. The van der Waals surface area contributed by atoms with Crippen molar-refractivity contribution in [3.05, 3.63) is 125 Å². The molecule has 0 fully saturated rings. The Labute approximate surface area is 243 Å². The Hall–Kier alpha value is -4.23. The van der Waals surface area contributed by atoms with Crippen LogP contribution in [-0.4, -0.2) is 26.7 Å². The molecular weight excluding hydrogens is 532 g/mol. The van der Waals surface area contributed by atoms with E-state index >= 15 is 0 Å². The van der Waals surface area contributed by atoms with Gasteiger partial charge < -0.3 is 5.32 Å². The van der Waals surface area contributed by atoms with Crippen LogP contribution in [0.2, 0.25) is 0 Å². The first-order valence-corrected chi connectivity index (χ1v) is 15.1. The Balaban J connectivity index is 1.59. The number of anilines is 2. The number of rotatable bonds is 9. The maximum absolute atomic E-state index is 13.8. The van der Waals surface area contributed by atoms with Crippen LogP contribution in [0.3, 0.4) is 0 Å². The Morgan fingerprint density at radius 2 is 1.46 bits per heavy atom. The number of carbonyl (C=O) groups is 2. The number of aryl methyl sites for hydroxylation is 2. The van der Waals surface area contributed by atoms with Gasteiger partial charge in [-0.25, -0.2) is 8.42 Å². The van der Waals surface area contributed by atoms with Gasteiger partial charge in [0.25, 0.3) is 10.0 Å². The molecule has 4 aromatic rings. The van der Waals surface area contributed by atoms with Crippen molar-refractivity contribution in [3.63, 3.8) is 0 Å². The second kappa shape index (κ2) is 12.1. The zero-order chi connectivity index (χ0) is 29.8. The third-order valence-electron chi connectivity index (χ3n) is 6.96. The zero-order valence-corrected chi connectivity index (χ0v) is 25.0. The van der Waals surface area contributed by atoms with Crippen LogP contribution >= 0.6 is 0 Å². The van der Waals surface area contributed by atoms with E-state index in [0.717, 1.165) is 21.0 Å². The van der Waals surface area contributed by atoms with E-state index in [1.54, 1.807) is 60.7 Å². The van der Waals surface area contributed by atoms with Gasteiger partial charge in [0.15, 0.2) is 5.78 Å². The van der Waals surface area contributed by atoms with Gasteiger partial charge in [0, 0.05) is 16.8 Å². The molecule has 4 aromatic carbocycles. The number of nitrogens with one attached hydrogen (secondary N) is 1. The highest BCUT2D eigenvalue weighted by Crippen LogP contribution is 2.28. The third-order valence-corrected chi connectivity index (χ3v) is 8.73. The number of hydrogen-bond donors (Lipinski definition) is 1. The zero-order valence-electron chi connectivity index (χ0n) is 24.1. The smallest absolute Gasteiger partial charge is 0.264 e. The summed E-state index contributed by atoms with van der Waals surface area (Å²) < 4.78 is 28.7. The minimum Gasteiger partial charge on any atom is -0.324 e. The first kappa shape index (κ1) is 29.7. The lowest BCUT2D eigenvalue weighted by Crippen LogP contribution is -2.38. The molecule has 1 N–H and O–H groups in total. The van der Waals surface area contributed by atoms with Crippen LogP contribution in [0.4, 0.5) is 11.4 Å².